The Morgan fingerprint density at radius 2 is 0.760 bits per heavy atom. The molecule has 0 amide bonds. The largest absolute Gasteiger partial charge is 0.0776 e. The van der Waals surface area contributed by atoms with Gasteiger partial charge >= 0.3 is 0 Å². The van der Waals surface area contributed by atoms with Gasteiger partial charge in [0.25, 0.3) is 0 Å². The summed E-state index contributed by atoms with van der Waals surface area (Å²) in [5.74, 6) is 2.77. The van der Waals surface area contributed by atoms with Gasteiger partial charge in [0.15, 0.2) is 0 Å². The molecule has 2 unspecified atom stereocenters. The lowest BCUT2D eigenvalue weighted by atomic mass is 9.95. The summed E-state index contributed by atoms with van der Waals surface area (Å²) < 4.78 is 0. The van der Waals surface area contributed by atoms with Crippen molar-refractivity contribution in [3.63, 3.8) is 0 Å². The minimum absolute atomic E-state index is 0. The predicted molar refractivity (Wildman–Crippen MR) is 138 cm³/mol. The molecule has 0 radical (unpaired) electrons. The Kier molecular flexibility index (Phi) is 166. The van der Waals surface area contributed by atoms with E-state index in [1.54, 1.807) is 0 Å². The predicted octanol–water partition coefficient (Wildman–Crippen LogP) is 12.0. The van der Waals surface area contributed by atoms with Gasteiger partial charge in [-0.2, -0.15) is 0 Å². The molecule has 0 spiro atoms. The molecule has 0 bridgehead atoms. The van der Waals surface area contributed by atoms with Crippen molar-refractivity contribution in [3.8, 4) is 0 Å². The van der Waals surface area contributed by atoms with E-state index in [0.717, 1.165) is 17.8 Å². The van der Waals surface area contributed by atoms with E-state index in [-0.39, 0.29) is 66.8 Å². The molecular formula is C25H72. The third-order valence-electron chi connectivity index (χ3n) is 3.13. The Balaban J connectivity index is -0.0000000130. The van der Waals surface area contributed by atoms with E-state index in [4.69, 9.17) is 0 Å². The zero-order chi connectivity index (χ0) is 13.0. The van der Waals surface area contributed by atoms with Gasteiger partial charge in [-0.3, -0.25) is 0 Å². The summed E-state index contributed by atoms with van der Waals surface area (Å²) in [7, 11) is 0. The zero-order valence-electron chi connectivity index (χ0n) is 13.0. The first kappa shape index (κ1) is 73.5. The van der Waals surface area contributed by atoms with Crippen molar-refractivity contribution in [1.82, 2.24) is 0 Å². The smallest absolute Gasteiger partial charge is 0.0440 e. The summed E-state index contributed by atoms with van der Waals surface area (Å²) in [6, 6.07) is 0. The second kappa shape index (κ2) is 56.4. The van der Waals surface area contributed by atoms with E-state index in [1.165, 1.54) is 38.5 Å². The molecule has 0 rings (SSSR count). The SMILES string of the molecule is C.C.C.C.C.C.C.C.C.CCCC(C)CC.CCCC(C)CC(C)C. The first-order valence-corrected chi connectivity index (χ1v) is 7.47. The first-order valence-electron chi connectivity index (χ1n) is 7.47. The highest BCUT2D eigenvalue weighted by Gasteiger charge is 2.02. The van der Waals surface area contributed by atoms with Crippen LogP contribution in [0.15, 0.2) is 0 Å². The van der Waals surface area contributed by atoms with Gasteiger partial charge in [0, 0.05) is 0 Å². The maximum atomic E-state index is 2.35. The first-order chi connectivity index (χ1) is 7.47. The van der Waals surface area contributed by atoms with Crippen LogP contribution in [0.5, 0.6) is 0 Å². The Bertz CT molecular complexity index is 115. The third-order valence-corrected chi connectivity index (χ3v) is 3.13. The summed E-state index contributed by atoms with van der Waals surface area (Å²) in [5.41, 5.74) is 0. The summed E-state index contributed by atoms with van der Waals surface area (Å²) in [6.07, 6.45) is 8.22. The Hall–Kier alpha value is 0. The molecule has 0 aliphatic rings. The monoisotopic (exact) mass is 373 g/mol. The second-order valence-corrected chi connectivity index (χ2v) is 5.83. The number of hydrogen-bond acceptors (Lipinski definition) is 0. The maximum Gasteiger partial charge on any atom is -0.0440 e. The van der Waals surface area contributed by atoms with Crippen LogP contribution in [-0.2, 0) is 0 Å². The lowest BCUT2D eigenvalue weighted by Crippen LogP contribution is -1.98. The second-order valence-electron chi connectivity index (χ2n) is 5.83. The third kappa shape index (κ3) is 80.7. The van der Waals surface area contributed by atoms with Crippen LogP contribution in [-0.4, -0.2) is 0 Å². The fourth-order valence-electron chi connectivity index (χ4n) is 2.11. The quantitative estimate of drug-likeness (QED) is 0.416. The minimum atomic E-state index is 0. The molecule has 0 aliphatic heterocycles. The minimum Gasteiger partial charge on any atom is -0.0776 e. The standard InChI is InChI=1S/C9H20.C7H16.9CH4/c1-5-6-9(4)7-8(2)3;1-4-6-7(3)5-2;;;;;;;;;/h8-9H,5-7H2,1-4H3;7H,4-6H2,1-3H3;9*1H4. The Morgan fingerprint density at radius 3 is 0.920 bits per heavy atom. The van der Waals surface area contributed by atoms with Crippen molar-refractivity contribution in [2.45, 2.75) is 154 Å². The van der Waals surface area contributed by atoms with E-state index in [1.807, 2.05) is 0 Å². The zero-order valence-corrected chi connectivity index (χ0v) is 13.0. The van der Waals surface area contributed by atoms with Crippen LogP contribution in [0, 0.1) is 17.8 Å². The molecule has 0 saturated heterocycles. The molecule has 0 aromatic carbocycles. The summed E-state index contributed by atoms with van der Waals surface area (Å²) in [5, 5.41) is 0. The number of hydrogen-bond donors (Lipinski definition) is 0. The van der Waals surface area contributed by atoms with Crippen LogP contribution in [0.3, 0.4) is 0 Å². The molecular weight excluding hydrogens is 300 g/mol. The summed E-state index contributed by atoms with van der Waals surface area (Å²) >= 11 is 0. The Morgan fingerprint density at radius 1 is 0.480 bits per heavy atom. The van der Waals surface area contributed by atoms with Crippen LogP contribution >= 0.6 is 0 Å². The van der Waals surface area contributed by atoms with Gasteiger partial charge in [0.05, 0.1) is 0 Å². The van der Waals surface area contributed by atoms with Crippen molar-refractivity contribution >= 4 is 0 Å². The fraction of sp³-hybridized carbons (Fsp3) is 1.00. The van der Waals surface area contributed by atoms with Crippen LogP contribution in [0.1, 0.15) is 154 Å². The average molecular weight is 373 g/mol. The normalized spacial score (nSPS) is 9.12. The van der Waals surface area contributed by atoms with Crippen molar-refractivity contribution < 1.29 is 0 Å². The van der Waals surface area contributed by atoms with Gasteiger partial charge in [0.2, 0.25) is 0 Å². The highest BCUT2D eigenvalue weighted by atomic mass is 14.1. The molecule has 2 atom stereocenters. The molecule has 0 nitrogen and oxygen atoms in total. The molecule has 172 valence electrons. The van der Waals surface area contributed by atoms with Crippen molar-refractivity contribution in [1.29, 1.82) is 0 Å². The molecule has 0 heterocycles. The molecule has 0 aromatic heterocycles. The van der Waals surface area contributed by atoms with Crippen molar-refractivity contribution in [3.05, 3.63) is 0 Å². The van der Waals surface area contributed by atoms with E-state index < -0.39 is 0 Å². The molecule has 0 aromatic rings. The van der Waals surface area contributed by atoms with Gasteiger partial charge < -0.3 is 0 Å². The van der Waals surface area contributed by atoms with Crippen LogP contribution < -0.4 is 0 Å². The maximum absolute atomic E-state index is 2.35. The average Bonchev–Trinajstić information content (AvgIpc) is 2.18. The lowest BCUT2D eigenvalue weighted by molar-refractivity contribution is 0.412. The summed E-state index contributed by atoms with van der Waals surface area (Å²) in [4.78, 5) is 0. The van der Waals surface area contributed by atoms with Gasteiger partial charge in [0.1, 0.15) is 0 Å². The highest BCUT2D eigenvalue weighted by molar-refractivity contribution is 4.54. The molecule has 0 saturated carbocycles. The van der Waals surface area contributed by atoms with Crippen molar-refractivity contribution in [2.24, 2.45) is 17.8 Å². The van der Waals surface area contributed by atoms with Gasteiger partial charge in [-0.05, 0) is 24.2 Å². The fourth-order valence-corrected chi connectivity index (χ4v) is 2.11. The van der Waals surface area contributed by atoms with E-state index in [2.05, 4.69) is 48.5 Å². The van der Waals surface area contributed by atoms with Crippen molar-refractivity contribution in [2.75, 3.05) is 0 Å². The Labute approximate surface area is 172 Å². The van der Waals surface area contributed by atoms with Gasteiger partial charge in [-0.1, -0.05) is 147 Å². The molecule has 25 heavy (non-hydrogen) atoms. The lowest BCUT2D eigenvalue weighted by Gasteiger charge is -2.11. The van der Waals surface area contributed by atoms with Crippen LogP contribution in [0.2, 0.25) is 0 Å². The van der Waals surface area contributed by atoms with E-state index in [9.17, 15) is 0 Å². The molecule has 0 aliphatic carbocycles. The molecule has 0 fully saturated rings. The molecule has 0 N–H and O–H groups in total. The van der Waals surface area contributed by atoms with E-state index >= 15 is 0 Å². The molecule has 0 heteroatoms. The van der Waals surface area contributed by atoms with E-state index in [0.29, 0.717) is 0 Å². The van der Waals surface area contributed by atoms with Crippen LogP contribution in [0.25, 0.3) is 0 Å². The summed E-state index contributed by atoms with van der Waals surface area (Å²) in [6.45, 7) is 16.0. The highest BCUT2D eigenvalue weighted by Crippen LogP contribution is 2.15. The van der Waals surface area contributed by atoms with Gasteiger partial charge in [-0.25, -0.2) is 0 Å². The number of rotatable bonds is 7. The topological polar surface area (TPSA) is 0 Å². The van der Waals surface area contributed by atoms with Crippen LogP contribution in [0.4, 0.5) is 0 Å². The van der Waals surface area contributed by atoms with Gasteiger partial charge in [-0.15, -0.1) is 0 Å².